The van der Waals surface area contributed by atoms with Crippen molar-refractivity contribution >= 4 is 0 Å². The molecule has 50 valence electrons. The Balaban J connectivity index is 3.01. The van der Waals surface area contributed by atoms with Crippen LogP contribution in [0.2, 0.25) is 0 Å². The van der Waals surface area contributed by atoms with Crippen molar-refractivity contribution in [1.29, 1.82) is 0 Å². The third kappa shape index (κ3) is 1.10. The fourth-order valence-corrected chi connectivity index (χ4v) is 0.813. The third-order valence-electron chi connectivity index (χ3n) is 1.23. The number of rotatable bonds is 1. The van der Waals surface area contributed by atoms with E-state index in [1.165, 1.54) is 0 Å². The van der Waals surface area contributed by atoms with Crippen molar-refractivity contribution in [3.05, 3.63) is 17.7 Å². The highest BCUT2D eigenvalue weighted by molar-refractivity contribution is 4.99. The predicted molar refractivity (Wildman–Crippen MR) is 33.9 cm³/mol. The van der Waals surface area contributed by atoms with Gasteiger partial charge in [-0.05, 0) is 6.92 Å². The van der Waals surface area contributed by atoms with Crippen molar-refractivity contribution in [2.24, 2.45) is 7.05 Å². The Labute approximate surface area is 54.0 Å². The zero-order valence-electron chi connectivity index (χ0n) is 5.63. The Kier molecular flexibility index (Phi) is 1.53. The molecule has 0 aromatic carbocycles. The van der Waals surface area contributed by atoms with Gasteiger partial charge in [0.15, 0.2) is 0 Å². The molecule has 1 aromatic heterocycles. The van der Waals surface area contributed by atoms with E-state index in [9.17, 15) is 0 Å². The summed E-state index contributed by atoms with van der Waals surface area (Å²) in [6.45, 7) is 1.92. The van der Waals surface area contributed by atoms with Crippen LogP contribution in [0.5, 0.6) is 0 Å². The quantitative estimate of drug-likeness (QED) is 0.584. The van der Waals surface area contributed by atoms with Crippen LogP contribution < -0.4 is 0 Å². The van der Waals surface area contributed by atoms with E-state index in [1.54, 1.807) is 0 Å². The molecule has 0 unspecified atom stereocenters. The zero-order chi connectivity index (χ0) is 6.85. The molecule has 0 radical (unpaired) electrons. The lowest BCUT2D eigenvalue weighted by molar-refractivity contribution is 0.267. The summed E-state index contributed by atoms with van der Waals surface area (Å²) in [5, 5.41) is 8.65. The summed E-state index contributed by atoms with van der Waals surface area (Å²) >= 11 is 0. The molecular formula is C6H10N2O. The summed E-state index contributed by atoms with van der Waals surface area (Å²) in [7, 11) is 1.87. The molecule has 1 N–H and O–H groups in total. The second-order valence-corrected chi connectivity index (χ2v) is 2.07. The number of nitrogens with zero attached hydrogens (tertiary/aromatic N) is 2. The summed E-state index contributed by atoms with van der Waals surface area (Å²) in [6, 6.07) is 0. The number of aliphatic hydroxyl groups is 1. The maximum atomic E-state index is 8.65. The molecule has 3 heteroatoms. The van der Waals surface area contributed by atoms with Gasteiger partial charge >= 0.3 is 0 Å². The fourth-order valence-electron chi connectivity index (χ4n) is 0.813. The Morgan fingerprint density at radius 3 is 2.67 bits per heavy atom. The highest BCUT2D eigenvalue weighted by atomic mass is 16.3. The second kappa shape index (κ2) is 2.19. The SMILES string of the molecule is Cc1cn(C)c(CO)n1. The summed E-state index contributed by atoms with van der Waals surface area (Å²) < 4.78 is 1.81. The average Bonchev–Trinajstić information content (AvgIpc) is 2.10. The third-order valence-corrected chi connectivity index (χ3v) is 1.23. The van der Waals surface area contributed by atoms with E-state index in [0.717, 1.165) is 5.69 Å². The van der Waals surface area contributed by atoms with E-state index in [1.807, 2.05) is 24.7 Å². The van der Waals surface area contributed by atoms with Crippen LogP contribution in [0.3, 0.4) is 0 Å². The lowest BCUT2D eigenvalue weighted by Crippen LogP contribution is -1.94. The molecule has 1 aromatic rings. The largest absolute Gasteiger partial charge is 0.388 e. The lowest BCUT2D eigenvalue weighted by atomic mass is 10.6. The molecule has 0 aliphatic carbocycles. The Bertz CT molecular complexity index is 205. The van der Waals surface area contributed by atoms with E-state index in [-0.39, 0.29) is 6.61 Å². The van der Waals surface area contributed by atoms with Gasteiger partial charge in [-0.2, -0.15) is 0 Å². The van der Waals surface area contributed by atoms with Crippen molar-refractivity contribution in [1.82, 2.24) is 9.55 Å². The van der Waals surface area contributed by atoms with E-state index in [0.29, 0.717) is 5.82 Å². The van der Waals surface area contributed by atoms with Gasteiger partial charge in [-0.3, -0.25) is 0 Å². The topological polar surface area (TPSA) is 38.0 Å². The molecule has 0 spiro atoms. The number of hydrogen-bond acceptors (Lipinski definition) is 2. The molecule has 0 saturated carbocycles. The minimum absolute atomic E-state index is 0.0182. The van der Waals surface area contributed by atoms with Crippen LogP contribution in [-0.2, 0) is 13.7 Å². The minimum Gasteiger partial charge on any atom is -0.388 e. The van der Waals surface area contributed by atoms with E-state index in [4.69, 9.17) is 5.11 Å². The van der Waals surface area contributed by atoms with Gasteiger partial charge in [0.2, 0.25) is 0 Å². The highest BCUT2D eigenvalue weighted by Gasteiger charge is 1.97. The van der Waals surface area contributed by atoms with Crippen molar-refractivity contribution in [3.8, 4) is 0 Å². The highest BCUT2D eigenvalue weighted by Crippen LogP contribution is 1.97. The van der Waals surface area contributed by atoms with Gasteiger partial charge in [-0.1, -0.05) is 0 Å². The van der Waals surface area contributed by atoms with Crippen LogP contribution in [0.4, 0.5) is 0 Å². The van der Waals surface area contributed by atoms with Gasteiger partial charge in [-0.25, -0.2) is 4.98 Å². The Hall–Kier alpha value is -0.830. The Morgan fingerprint density at radius 2 is 2.44 bits per heavy atom. The number of imidazole rings is 1. The molecule has 0 amide bonds. The molecule has 0 aliphatic rings. The van der Waals surface area contributed by atoms with Gasteiger partial charge in [0.1, 0.15) is 12.4 Å². The van der Waals surface area contributed by atoms with Crippen LogP contribution in [0.15, 0.2) is 6.20 Å². The summed E-state index contributed by atoms with van der Waals surface area (Å²) in [5.41, 5.74) is 0.946. The predicted octanol–water partition coefficient (Wildman–Crippen LogP) is 0.221. The van der Waals surface area contributed by atoms with Crippen LogP contribution in [0.1, 0.15) is 11.5 Å². The molecule has 1 rings (SSSR count). The number of hydrogen-bond donors (Lipinski definition) is 1. The molecule has 0 atom stereocenters. The first-order valence-corrected chi connectivity index (χ1v) is 2.83. The lowest BCUT2D eigenvalue weighted by Gasteiger charge is -1.92. The van der Waals surface area contributed by atoms with E-state index < -0.39 is 0 Å². The molecule has 0 aliphatic heterocycles. The van der Waals surface area contributed by atoms with Crippen molar-refractivity contribution in [2.45, 2.75) is 13.5 Å². The molecule has 0 saturated heterocycles. The van der Waals surface area contributed by atoms with Crippen molar-refractivity contribution in [2.75, 3.05) is 0 Å². The smallest absolute Gasteiger partial charge is 0.134 e. The van der Waals surface area contributed by atoms with Crippen molar-refractivity contribution < 1.29 is 5.11 Å². The average molecular weight is 126 g/mol. The second-order valence-electron chi connectivity index (χ2n) is 2.07. The molecule has 0 fully saturated rings. The van der Waals surface area contributed by atoms with Gasteiger partial charge in [0.25, 0.3) is 0 Å². The summed E-state index contributed by atoms with van der Waals surface area (Å²) in [4.78, 5) is 4.04. The first-order chi connectivity index (χ1) is 4.24. The summed E-state index contributed by atoms with van der Waals surface area (Å²) in [5.74, 6) is 0.715. The number of aliphatic hydroxyl groups excluding tert-OH is 1. The van der Waals surface area contributed by atoms with Crippen LogP contribution in [0.25, 0.3) is 0 Å². The van der Waals surface area contributed by atoms with E-state index in [2.05, 4.69) is 4.98 Å². The summed E-state index contributed by atoms with van der Waals surface area (Å²) in [6.07, 6.45) is 1.88. The first kappa shape index (κ1) is 6.29. The normalized spacial score (nSPS) is 10.1. The standard InChI is InChI=1S/C6H10N2O/c1-5-3-8(2)6(4-9)7-5/h3,9H,4H2,1-2H3. The van der Waals surface area contributed by atoms with Gasteiger partial charge < -0.3 is 9.67 Å². The maximum Gasteiger partial charge on any atom is 0.134 e. The molecule has 3 nitrogen and oxygen atoms in total. The van der Waals surface area contributed by atoms with Gasteiger partial charge in [0, 0.05) is 13.2 Å². The van der Waals surface area contributed by atoms with Crippen LogP contribution >= 0.6 is 0 Å². The molecule has 0 bridgehead atoms. The van der Waals surface area contributed by atoms with Crippen LogP contribution in [-0.4, -0.2) is 14.7 Å². The monoisotopic (exact) mass is 126 g/mol. The molecule has 1 heterocycles. The molecule has 9 heavy (non-hydrogen) atoms. The first-order valence-electron chi connectivity index (χ1n) is 2.83. The zero-order valence-corrected chi connectivity index (χ0v) is 5.63. The van der Waals surface area contributed by atoms with Crippen molar-refractivity contribution in [3.63, 3.8) is 0 Å². The maximum absolute atomic E-state index is 8.65. The molecular weight excluding hydrogens is 116 g/mol. The van der Waals surface area contributed by atoms with E-state index >= 15 is 0 Å². The number of aromatic nitrogens is 2. The fraction of sp³-hybridized carbons (Fsp3) is 0.500. The Morgan fingerprint density at radius 1 is 1.78 bits per heavy atom. The van der Waals surface area contributed by atoms with Crippen LogP contribution in [0, 0.1) is 6.92 Å². The number of aryl methyl sites for hydroxylation is 2. The van der Waals surface area contributed by atoms with Gasteiger partial charge in [0.05, 0.1) is 5.69 Å². The minimum atomic E-state index is 0.0182. The van der Waals surface area contributed by atoms with Gasteiger partial charge in [-0.15, -0.1) is 0 Å².